The van der Waals surface area contributed by atoms with E-state index < -0.39 is 11.6 Å². The van der Waals surface area contributed by atoms with Crippen molar-refractivity contribution in [1.82, 2.24) is 20.4 Å². The zero-order valence-electron chi connectivity index (χ0n) is 18.1. The van der Waals surface area contributed by atoms with Gasteiger partial charge in [-0.25, -0.2) is 4.79 Å². The van der Waals surface area contributed by atoms with Crippen LogP contribution >= 0.6 is 0 Å². The minimum atomic E-state index is -0.824. The maximum Gasteiger partial charge on any atom is 0.325 e. The van der Waals surface area contributed by atoms with E-state index in [2.05, 4.69) is 20.8 Å². The number of ether oxygens (including phenoxy) is 1. The molecule has 1 saturated carbocycles. The predicted octanol–water partition coefficient (Wildman–Crippen LogP) is 2.79. The summed E-state index contributed by atoms with van der Waals surface area (Å²) in [4.78, 5) is 43.3. The number of hydrogen-bond donors (Lipinski definition) is 2. The van der Waals surface area contributed by atoms with Crippen molar-refractivity contribution < 1.29 is 23.6 Å². The lowest BCUT2D eigenvalue weighted by Crippen LogP contribution is -2.47. The number of urea groups is 1. The average Bonchev–Trinajstić information content (AvgIpc) is 3.29. The number of para-hydroxylation sites is 2. The van der Waals surface area contributed by atoms with Gasteiger partial charge in [0.15, 0.2) is 5.82 Å². The summed E-state index contributed by atoms with van der Waals surface area (Å²) in [6.45, 7) is -0.118. The van der Waals surface area contributed by atoms with Crippen LogP contribution in [0.5, 0.6) is 5.75 Å². The topological polar surface area (TPSA) is 127 Å². The Morgan fingerprint density at radius 1 is 1.19 bits per heavy atom. The lowest BCUT2D eigenvalue weighted by atomic mass is 9.84. The molecule has 2 aromatic rings. The molecule has 2 aliphatic rings. The first-order chi connectivity index (χ1) is 15.5. The maximum atomic E-state index is 13.1. The molecule has 10 nitrogen and oxygen atoms in total. The zero-order valence-corrected chi connectivity index (χ0v) is 18.1. The van der Waals surface area contributed by atoms with Crippen molar-refractivity contribution in [3.63, 3.8) is 0 Å². The number of rotatable bonds is 6. The first-order valence-electron chi connectivity index (χ1n) is 10.9. The molecule has 4 rings (SSSR count). The normalized spacial score (nSPS) is 18.2. The molecule has 1 aromatic carbocycles. The summed E-state index contributed by atoms with van der Waals surface area (Å²) in [6.07, 6.45) is 6.28. The molecule has 0 atom stereocenters. The molecule has 170 valence electrons. The average molecular weight is 441 g/mol. The van der Waals surface area contributed by atoms with E-state index in [1.807, 2.05) is 0 Å². The van der Waals surface area contributed by atoms with Gasteiger partial charge in [0.05, 0.1) is 19.2 Å². The van der Waals surface area contributed by atoms with E-state index in [0.29, 0.717) is 24.3 Å². The van der Waals surface area contributed by atoms with Crippen LogP contribution in [0.1, 0.15) is 56.7 Å². The first-order valence-corrected chi connectivity index (χ1v) is 10.9. The summed E-state index contributed by atoms with van der Waals surface area (Å²) in [7, 11) is 1.52. The Balaban J connectivity index is 1.38. The van der Waals surface area contributed by atoms with Gasteiger partial charge in [-0.15, -0.1) is 0 Å². The number of anilines is 1. The lowest BCUT2D eigenvalue weighted by molar-refractivity contribution is -0.132. The van der Waals surface area contributed by atoms with Crippen LogP contribution in [-0.4, -0.2) is 45.5 Å². The molecule has 2 N–H and O–H groups in total. The van der Waals surface area contributed by atoms with Crippen LogP contribution in [0.3, 0.4) is 0 Å². The summed E-state index contributed by atoms with van der Waals surface area (Å²) in [6, 6.07) is 6.61. The smallest absolute Gasteiger partial charge is 0.325 e. The van der Waals surface area contributed by atoms with Crippen molar-refractivity contribution in [2.75, 3.05) is 12.4 Å². The molecule has 1 spiro atoms. The molecular weight excluding hydrogens is 414 g/mol. The Morgan fingerprint density at radius 2 is 1.91 bits per heavy atom. The minimum absolute atomic E-state index is 0.108. The molecule has 0 unspecified atom stereocenters. The van der Waals surface area contributed by atoms with E-state index >= 15 is 0 Å². The van der Waals surface area contributed by atoms with Crippen LogP contribution in [0.4, 0.5) is 10.5 Å². The molecule has 0 bridgehead atoms. The third-order valence-electron chi connectivity index (χ3n) is 5.96. The molecule has 2 heterocycles. The molecule has 4 amide bonds. The second kappa shape index (κ2) is 9.37. The largest absolute Gasteiger partial charge is 0.495 e. The van der Waals surface area contributed by atoms with Crippen LogP contribution in [-0.2, 0) is 22.6 Å². The van der Waals surface area contributed by atoms with E-state index in [1.54, 1.807) is 24.3 Å². The fraction of sp³-hybridized carbons (Fsp3) is 0.500. The summed E-state index contributed by atoms with van der Waals surface area (Å²) >= 11 is 0. The summed E-state index contributed by atoms with van der Waals surface area (Å²) < 4.78 is 10.4. The second-order valence-electron chi connectivity index (χ2n) is 8.20. The van der Waals surface area contributed by atoms with Crippen molar-refractivity contribution in [1.29, 1.82) is 0 Å². The standard InChI is InChI=1S/C22H27N5O5/c1-31-16-10-6-5-9-15(16)23-18(28)13-17-24-19(32-26-17)14-27-20(29)22(25-21(27)30)11-7-3-2-4-8-12-22/h5-6,9-10H,2-4,7-8,11-14H2,1H3,(H,23,28)(H,25,30). The van der Waals surface area contributed by atoms with Gasteiger partial charge in [-0.05, 0) is 25.0 Å². The summed E-state index contributed by atoms with van der Waals surface area (Å²) in [5.74, 6) is 0.233. The Labute approximate surface area is 185 Å². The molecule has 1 aliphatic carbocycles. The van der Waals surface area contributed by atoms with Crippen LogP contribution in [0.25, 0.3) is 0 Å². The predicted molar refractivity (Wildman–Crippen MR) is 114 cm³/mol. The Kier molecular flexibility index (Phi) is 6.38. The van der Waals surface area contributed by atoms with Gasteiger partial charge in [0.1, 0.15) is 17.8 Å². The Hall–Kier alpha value is -3.43. The van der Waals surface area contributed by atoms with Gasteiger partial charge in [0, 0.05) is 0 Å². The molecule has 2 fully saturated rings. The van der Waals surface area contributed by atoms with Crippen molar-refractivity contribution in [2.45, 2.75) is 63.5 Å². The molecule has 1 aliphatic heterocycles. The SMILES string of the molecule is COc1ccccc1NC(=O)Cc1noc(CN2C(=O)NC3(CCCCCCC3)C2=O)n1. The summed E-state index contributed by atoms with van der Waals surface area (Å²) in [5, 5.41) is 9.46. The fourth-order valence-electron chi connectivity index (χ4n) is 4.31. The third kappa shape index (κ3) is 4.58. The van der Waals surface area contributed by atoms with Crippen molar-refractivity contribution in [2.24, 2.45) is 0 Å². The lowest BCUT2D eigenvalue weighted by Gasteiger charge is -2.28. The van der Waals surface area contributed by atoms with E-state index in [4.69, 9.17) is 9.26 Å². The van der Waals surface area contributed by atoms with E-state index in [1.165, 1.54) is 7.11 Å². The van der Waals surface area contributed by atoms with Gasteiger partial charge in [0.25, 0.3) is 5.91 Å². The van der Waals surface area contributed by atoms with Gasteiger partial charge < -0.3 is 19.9 Å². The third-order valence-corrected chi connectivity index (χ3v) is 5.96. The van der Waals surface area contributed by atoms with Crippen LogP contribution in [0.2, 0.25) is 0 Å². The number of benzene rings is 1. The quantitative estimate of drug-likeness (QED) is 0.660. The van der Waals surface area contributed by atoms with Crippen LogP contribution < -0.4 is 15.4 Å². The van der Waals surface area contributed by atoms with Crippen molar-refractivity contribution in [3.8, 4) is 5.75 Å². The number of nitrogens with zero attached hydrogens (tertiary/aromatic N) is 3. The van der Waals surface area contributed by atoms with Gasteiger partial charge >= 0.3 is 6.03 Å². The molecule has 0 radical (unpaired) electrons. The molecule has 32 heavy (non-hydrogen) atoms. The second-order valence-corrected chi connectivity index (χ2v) is 8.20. The molecule has 10 heteroatoms. The number of methoxy groups -OCH3 is 1. The Morgan fingerprint density at radius 3 is 2.66 bits per heavy atom. The highest BCUT2D eigenvalue weighted by molar-refractivity contribution is 6.06. The Bertz CT molecular complexity index is 996. The van der Waals surface area contributed by atoms with E-state index in [9.17, 15) is 14.4 Å². The highest BCUT2D eigenvalue weighted by Crippen LogP contribution is 2.32. The number of amides is 4. The van der Waals surface area contributed by atoms with Crippen LogP contribution in [0.15, 0.2) is 28.8 Å². The minimum Gasteiger partial charge on any atom is -0.495 e. The van der Waals surface area contributed by atoms with E-state index in [0.717, 1.165) is 37.0 Å². The van der Waals surface area contributed by atoms with Crippen molar-refractivity contribution in [3.05, 3.63) is 36.0 Å². The number of carbonyl (C=O) groups is 3. The monoisotopic (exact) mass is 441 g/mol. The molecule has 1 saturated heterocycles. The highest BCUT2D eigenvalue weighted by atomic mass is 16.5. The molecule has 1 aromatic heterocycles. The highest BCUT2D eigenvalue weighted by Gasteiger charge is 2.50. The number of nitrogens with one attached hydrogen (secondary N) is 2. The van der Waals surface area contributed by atoms with Crippen LogP contribution in [0, 0.1) is 0 Å². The first kappa shape index (κ1) is 21.8. The van der Waals surface area contributed by atoms with Gasteiger partial charge in [-0.2, -0.15) is 4.98 Å². The number of imide groups is 1. The number of hydrogen-bond acceptors (Lipinski definition) is 7. The van der Waals surface area contributed by atoms with Gasteiger partial charge in [-0.3, -0.25) is 14.5 Å². The van der Waals surface area contributed by atoms with Gasteiger partial charge in [0.2, 0.25) is 11.8 Å². The molecular formula is C22H27N5O5. The fourth-order valence-corrected chi connectivity index (χ4v) is 4.31. The number of aromatic nitrogens is 2. The maximum absolute atomic E-state index is 13.1. The van der Waals surface area contributed by atoms with E-state index in [-0.39, 0.29) is 36.5 Å². The summed E-state index contributed by atoms with van der Waals surface area (Å²) in [5.41, 5.74) is -0.290. The van der Waals surface area contributed by atoms with Crippen molar-refractivity contribution >= 4 is 23.5 Å². The number of carbonyl (C=O) groups excluding carboxylic acids is 3. The van der Waals surface area contributed by atoms with Gasteiger partial charge in [-0.1, -0.05) is 49.4 Å². The zero-order chi connectivity index (χ0) is 22.6.